The lowest BCUT2D eigenvalue weighted by Gasteiger charge is -2.35. The average Bonchev–Trinajstić information content (AvgIpc) is 2.53. The Labute approximate surface area is 125 Å². The van der Waals surface area contributed by atoms with Crippen LogP contribution in [-0.2, 0) is 4.74 Å². The standard InChI is InChI=1S/C17H21NO3/c1-3-15-12-21-10-8-18(15)17(20)16-11-14(5-4-9-19)7-6-13(16)2/h6-7,11,15,19H,3,8-10,12H2,1-2H3. The number of amides is 1. The Morgan fingerprint density at radius 1 is 1.52 bits per heavy atom. The molecule has 0 spiro atoms. The molecule has 0 aliphatic carbocycles. The topological polar surface area (TPSA) is 49.8 Å². The molecule has 2 rings (SSSR count). The number of benzene rings is 1. The van der Waals surface area contributed by atoms with E-state index >= 15 is 0 Å². The number of aliphatic hydroxyl groups is 1. The minimum Gasteiger partial charge on any atom is -0.384 e. The number of nitrogens with zero attached hydrogens (tertiary/aromatic N) is 1. The normalized spacial score (nSPS) is 18.0. The van der Waals surface area contributed by atoms with Crippen molar-refractivity contribution >= 4 is 5.91 Å². The van der Waals surface area contributed by atoms with Crippen LogP contribution >= 0.6 is 0 Å². The average molecular weight is 287 g/mol. The van der Waals surface area contributed by atoms with E-state index in [1.54, 1.807) is 0 Å². The summed E-state index contributed by atoms with van der Waals surface area (Å²) in [5.74, 6) is 5.50. The molecule has 1 aromatic rings. The van der Waals surface area contributed by atoms with Gasteiger partial charge >= 0.3 is 0 Å². The van der Waals surface area contributed by atoms with Gasteiger partial charge < -0.3 is 14.7 Å². The molecule has 0 bridgehead atoms. The molecule has 0 aromatic heterocycles. The van der Waals surface area contributed by atoms with Crippen molar-refractivity contribution in [2.45, 2.75) is 26.3 Å². The van der Waals surface area contributed by atoms with Gasteiger partial charge in [0, 0.05) is 17.7 Å². The molecular weight excluding hydrogens is 266 g/mol. The van der Waals surface area contributed by atoms with Gasteiger partial charge in [-0.3, -0.25) is 4.79 Å². The Hall–Kier alpha value is -1.83. The molecule has 0 radical (unpaired) electrons. The van der Waals surface area contributed by atoms with Gasteiger partial charge in [0.25, 0.3) is 5.91 Å². The summed E-state index contributed by atoms with van der Waals surface area (Å²) < 4.78 is 5.45. The van der Waals surface area contributed by atoms with Crippen LogP contribution in [0, 0.1) is 18.8 Å². The van der Waals surface area contributed by atoms with Gasteiger partial charge in [-0.15, -0.1) is 0 Å². The molecular formula is C17H21NO3. The van der Waals surface area contributed by atoms with Crippen LogP contribution in [0.1, 0.15) is 34.8 Å². The summed E-state index contributed by atoms with van der Waals surface area (Å²) >= 11 is 0. The van der Waals surface area contributed by atoms with Gasteiger partial charge in [0.15, 0.2) is 0 Å². The van der Waals surface area contributed by atoms with Gasteiger partial charge in [0.05, 0.1) is 19.3 Å². The van der Waals surface area contributed by atoms with E-state index in [2.05, 4.69) is 18.8 Å². The van der Waals surface area contributed by atoms with E-state index in [1.165, 1.54) is 0 Å². The lowest BCUT2D eigenvalue weighted by atomic mass is 10.0. The van der Waals surface area contributed by atoms with E-state index in [4.69, 9.17) is 9.84 Å². The quantitative estimate of drug-likeness (QED) is 0.840. The van der Waals surface area contributed by atoms with Gasteiger partial charge in [0.2, 0.25) is 0 Å². The van der Waals surface area contributed by atoms with Crippen LogP contribution < -0.4 is 0 Å². The van der Waals surface area contributed by atoms with Gasteiger partial charge in [-0.25, -0.2) is 0 Å². The summed E-state index contributed by atoms with van der Waals surface area (Å²) in [5, 5.41) is 8.77. The first-order chi connectivity index (χ1) is 10.2. The lowest BCUT2D eigenvalue weighted by Crippen LogP contribution is -2.48. The third-order valence-corrected chi connectivity index (χ3v) is 3.74. The van der Waals surface area contributed by atoms with Crippen LogP contribution in [0.2, 0.25) is 0 Å². The van der Waals surface area contributed by atoms with Gasteiger partial charge in [-0.1, -0.05) is 24.8 Å². The highest BCUT2D eigenvalue weighted by molar-refractivity contribution is 5.96. The molecule has 1 aliphatic heterocycles. The number of hydrogen-bond acceptors (Lipinski definition) is 3. The zero-order valence-corrected chi connectivity index (χ0v) is 12.6. The van der Waals surface area contributed by atoms with E-state index in [0.29, 0.717) is 25.3 Å². The fourth-order valence-corrected chi connectivity index (χ4v) is 2.49. The van der Waals surface area contributed by atoms with E-state index in [1.807, 2.05) is 30.0 Å². The first kappa shape index (κ1) is 15.6. The lowest BCUT2D eigenvalue weighted by molar-refractivity contribution is -0.00283. The smallest absolute Gasteiger partial charge is 0.254 e. The number of rotatable bonds is 2. The minimum absolute atomic E-state index is 0.0373. The second-order valence-corrected chi connectivity index (χ2v) is 5.13. The van der Waals surface area contributed by atoms with Crippen molar-refractivity contribution in [1.29, 1.82) is 0 Å². The summed E-state index contributed by atoms with van der Waals surface area (Å²) in [6, 6.07) is 5.71. The Bertz CT molecular complexity index is 571. The molecule has 1 unspecified atom stereocenters. The summed E-state index contributed by atoms with van der Waals surface area (Å²) in [6.45, 7) is 5.63. The molecule has 1 aliphatic rings. The SMILES string of the molecule is CCC1COCCN1C(=O)c1cc(C#CCO)ccc1C. The number of carbonyl (C=O) groups is 1. The highest BCUT2D eigenvalue weighted by Crippen LogP contribution is 2.18. The van der Waals surface area contributed by atoms with E-state index < -0.39 is 0 Å². The molecule has 112 valence electrons. The van der Waals surface area contributed by atoms with E-state index in [9.17, 15) is 4.79 Å². The van der Waals surface area contributed by atoms with Crippen molar-refractivity contribution in [2.75, 3.05) is 26.4 Å². The molecule has 1 amide bonds. The van der Waals surface area contributed by atoms with Crippen LogP contribution in [0.3, 0.4) is 0 Å². The van der Waals surface area contributed by atoms with Crippen LogP contribution in [0.4, 0.5) is 0 Å². The van der Waals surface area contributed by atoms with Crippen molar-refractivity contribution in [1.82, 2.24) is 4.90 Å². The van der Waals surface area contributed by atoms with Crippen LogP contribution in [0.5, 0.6) is 0 Å². The van der Waals surface area contributed by atoms with Crippen LogP contribution in [-0.4, -0.2) is 48.3 Å². The van der Waals surface area contributed by atoms with Gasteiger partial charge in [-0.05, 0) is 31.0 Å². The zero-order chi connectivity index (χ0) is 15.2. The molecule has 21 heavy (non-hydrogen) atoms. The zero-order valence-electron chi connectivity index (χ0n) is 12.6. The Kier molecular flexibility index (Phi) is 5.38. The first-order valence-corrected chi connectivity index (χ1v) is 7.26. The Morgan fingerprint density at radius 3 is 3.05 bits per heavy atom. The Morgan fingerprint density at radius 2 is 2.33 bits per heavy atom. The minimum atomic E-state index is -0.182. The first-order valence-electron chi connectivity index (χ1n) is 7.26. The van der Waals surface area contributed by atoms with Gasteiger partial charge in [0.1, 0.15) is 6.61 Å². The predicted octanol–water partition coefficient (Wildman–Crippen LogP) is 1.59. The largest absolute Gasteiger partial charge is 0.384 e. The van der Waals surface area contributed by atoms with Crippen molar-refractivity contribution in [2.24, 2.45) is 0 Å². The molecule has 4 nitrogen and oxygen atoms in total. The summed E-state index contributed by atoms with van der Waals surface area (Å²) in [6.07, 6.45) is 0.884. The second kappa shape index (κ2) is 7.26. The third-order valence-electron chi connectivity index (χ3n) is 3.74. The van der Waals surface area contributed by atoms with Gasteiger partial charge in [-0.2, -0.15) is 0 Å². The second-order valence-electron chi connectivity index (χ2n) is 5.13. The molecule has 4 heteroatoms. The number of morpholine rings is 1. The predicted molar refractivity (Wildman–Crippen MR) is 81.1 cm³/mol. The summed E-state index contributed by atoms with van der Waals surface area (Å²) in [7, 11) is 0. The number of aliphatic hydroxyl groups excluding tert-OH is 1. The van der Waals surface area contributed by atoms with E-state index in [-0.39, 0.29) is 18.6 Å². The maximum atomic E-state index is 12.8. The van der Waals surface area contributed by atoms with Crippen molar-refractivity contribution in [3.63, 3.8) is 0 Å². The Balaban J connectivity index is 2.29. The molecule has 0 saturated carbocycles. The maximum Gasteiger partial charge on any atom is 0.254 e. The summed E-state index contributed by atoms with van der Waals surface area (Å²) in [5.41, 5.74) is 2.37. The van der Waals surface area contributed by atoms with Crippen molar-refractivity contribution in [3.05, 3.63) is 34.9 Å². The molecule has 1 N–H and O–H groups in total. The summed E-state index contributed by atoms with van der Waals surface area (Å²) in [4.78, 5) is 14.7. The fourth-order valence-electron chi connectivity index (χ4n) is 2.49. The monoisotopic (exact) mass is 287 g/mol. The number of ether oxygens (including phenoxy) is 1. The van der Waals surface area contributed by atoms with Crippen LogP contribution in [0.25, 0.3) is 0 Å². The van der Waals surface area contributed by atoms with Crippen molar-refractivity contribution in [3.8, 4) is 11.8 Å². The molecule has 1 atom stereocenters. The number of carbonyl (C=O) groups excluding carboxylic acids is 1. The molecule has 1 aromatic carbocycles. The molecule has 1 heterocycles. The third kappa shape index (κ3) is 3.63. The molecule has 1 fully saturated rings. The number of hydrogen-bond donors (Lipinski definition) is 1. The maximum absolute atomic E-state index is 12.8. The number of aryl methyl sites for hydroxylation is 1. The molecule has 1 saturated heterocycles. The van der Waals surface area contributed by atoms with E-state index in [0.717, 1.165) is 17.5 Å². The highest BCUT2D eigenvalue weighted by Gasteiger charge is 2.27. The van der Waals surface area contributed by atoms with Crippen molar-refractivity contribution < 1.29 is 14.6 Å². The highest BCUT2D eigenvalue weighted by atomic mass is 16.5. The fraction of sp³-hybridized carbons (Fsp3) is 0.471. The van der Waals surface area contributed by atoms with Crippen LogP contribution in [0.15, 0.2) is 18.2 Å².